The number of nitrogens with zero attached hydrogens (tertiary/aromatic N) is 3. The lowest BCUT2D eigenvalue weighted by Crippen LogP contribution is -2.04. The molecule has 0 atom stereocenters. The van der Waals surface area contributed by atoms with E-state index in [4.69, 9.17) is 0 Å². The second kappa shape index (κ2) is 3.85. The lowest BCUT2D eigenvalue weighted by atomic mass is 10.1. The van der Waals surface area contributed by atoms with E-state index >= 15 is 0 Å². The number of aryl methyl sites for hydroxylation is 2. The van der Waals surface area contributed by atoms with Crippen molar-refractivity contribution in [1.82, 2.24) is 14.0 Å². The van der Waals surface area contributed by atoms with Crippen LogP contribution in [0, 0.1) is 6.92 Å². The Hall–Kier alpha value is -2.30. The predicted octanol–water partition coefficient (Wildman–Crippen LogP) is 2.40. The molecule has 1 N–H and O–H groups in total. The molecular weight excluding hydrogens is 242 g/mol. The van der Waals surface area contributed by atoms with Crippen molar-refractivity contribution >= 4 is 22.8 Å². The third kappa shape index (κ3) is 1.47. The Morgan fingerprint density at radius 1 is 1.42 bits per heavy atom. The quantitative estimate of drug-likeness (QED) is 0.766. The summed E-state index contributed by atoms with van der Waals surface area (Å²) in [6.45, 7) is 3.88. The third-order valence-electron chi connectivity index (χ3n) is 3.68. The Morgan fingerprint density at radius 3 is 2.79 bits per heavy atom. The standard InChI is InChI=1S/C14H15N3O2/c1-4-9-5-6-10-11(7-9)17-12(13(18)19)8(2)16(3)14(17)15-10/h5-7H,4H2,1-3H3,(H,18,19). The molecule has 3 rings (SSSR count). The monoisotopic (exact) mass is 257 g/mol. The molecule has 5 nitrogen and oxygen atoms in total. The first-order valence-corrected chi connectivity index (χ1v) is 6.24. The molecule has 0 saturated heterocycles. The molecule has 0 aliphatic rings. The molecule has 5 heteroatoms. The number of carboxylic acids is 1. The predicted molar refractivity (Wildman–Crippen MR) is 72.7 cm³/mol. The summed E-state index contributed by atoms with van der Waals surface area (Å²) >= 11 is 0. The third-order valence-corrected chi connectivity index (χ3v) is 3.68. The van der Waals surface area contributed by atoms with Crippen molar-refractivity contribution in [2.75, 3.05) is 0 Å². The van der Waals surface area contributed by atoms with E-state index in [1.807, 2.05) is 29.8 Å². The van der Waals surface area contributed by atoms with Crippen LogP contribution >= 0.6 is 0 Å². The fourth-order valence-corrected chi connectivity index (χ4v) is 2.49. The Labute approximate surface area is 110 Å². The molecule has 98 valence electrons. The van der Waals surface area contributed by atoms with Gasteiger partial charge in [0.05, 0.1) is 11.0 Å². The highest BCUT2D eigenvalue weighted by Gasteiger charge is 2.21. The van der Waals surface area contributed by atoms with Crippen LogP contribution in [0.15, 0.2) is 18.2 Å². The van der Waals surface area contributed by atoms with Gasteiger partial charge < -0.3 is 9.67 Å². The molecule has 0 fully saturated rings. The highest BCUT2D eigenvalue weighted by Crippen LogP contribution is 2.24. The highest BCUT2D eigenvalue weighted by molar-refractivity contribution is 5.92. The van der Waals surface area contributed by atoms with Gasteiger partial charge in [0.2, 0.25) is 5.78 Å². The molecule has 0 saturated carbocycles. The van der Waals surface area contributed by atoms with Gasteiger partial charge in [0.25, 0.3) is 0 Å². The lowest BCUT2D eigenvalue weighted by molar-refractivity contribution is 0.0688. The van der Waals surface area contributed by atoms with Crippen LogP contribution in [0.4, 0.5) is 0 Å². The maximum Gasteiger partial charge on any atom is 0.354 e. The van der Waals surface area contributed by atoms with Crippen molar-refractivity contribution in [2.24, 2.45) is 7.05 Å². The van der Waals surface area contributed by atoms with E-state index in [1.165, 1.54) is 5.56 Å². The first-order chi connectivity index (χ1) is 9.04. The highest BCUT2D eigenvalue weighted by atomic mass is 16.4. The molecule has 2 aromatic heterocycles. The van der Waals surface area contributed by atoms with E-state index in [0.29, 0.717) is 11.5 Å². The van der Waals surface area contributed by atoms with E-state index in [1.54, 1.807) is 11.3 Å². The molecular formula is C14H15N3O2. The fraction of sp³-hybridized carbons (Fsp3) is 0.286. The molecule has 0 aliphatic carbocycles. The summed E-state index contributed by atoms with van der Waals surface area (Å²) in [6, 6.07) is 5.99. The summed E-state index contributed by atoms with van der Waals surface area (Å²) in [7, 11) is 1.84. The molecule has 2 heterocycles. The van der Waals surface area contributed by atoms with E-state index in [9.17, 15) is 9.90 Å². The summed E-state index contributed by atoms with van der Waals surface area (Å²) in [6.07, 6.45) is 0.914. The Morgan fingerprint density at radius 2 is 2.16 bits per heavy atom. The van der Waals surface area contributed by atoms with Crippen LogP contribution in [0.5, 0.6) is 0 Å². The van der Waals surface area contributed by atoms with Crippen LogP contribution in [0.1, 0.15) is 28.7 Å². The molecule has 1 aromatic carbocycles. The van der Waals surface area contributed by atoms with Gasteiger partial charge in [0, 0.05) is 12.7 Å². The second-order valence-corrected chi connectivity index (χ2v) is 4.72. The number of imidazole rings is 2. The zero-order chi connectivity index (χ0) is 13.7. The number of hydrogen-bond acceptors (Lipinski definition) is 2. The van der Waals surface area contributed by atoms with E-state index < -0.39 is 5.97 Å². The first kappa shape index (κ1) is 11.8. The number of fused-ring (bicyclic) bond motifs is 3. The molecule has 0 spiro atoms. The number of aromatic carboxylic acids is 1. The van der Waals surface area contributed by atoms with Crippen molar-refractivity contribution in [2.45, 2.75) is 20.3 Å². The van der Waals surface area contributed by atoms with Gasteiger partial charge in [0.1, 0.15) is 0 Å². The number of aromatic nitrogens is 3. The lowest BCUT2D eigenvalue weighted by Gasteiger charge is -1.99. The van der Waals surface area contributed by atoms with Crippen LogP contribution in [0.25, 0.3) is 16.8 Å². The summed E-state index contributed by atoms with van der Waals surface area (Å²) < 4.78 is 3.54. The molecule has 0 radical (unpaired) electrons. The van der Waals surface area contributed by atoms with Gasteiger partial charge in [0.15, 0.2) is 5.69 Å². The first-order valence-electron chi connectivity index (χ1n) is 6.24. The molecule has 3 aromatic rings. The summed E-state index contributed by atoms with van der Waals surface area (Å²) in [5, 5.41) is 9.42. The molecule has 0 bridgehead atoms. The fourth-order valence-electron chi connectivity index (χ4n) is 2.49. The van der Waals surface area contributed by atoms with Crippen LogP contribution in [-0.4, -0.2) is 25.0 Å². The minimum absolute atomic E-state index is 0.285. The number of hydrogen-bond donors (Lipinski definition) is 1. The Balaban J connectivity index is 2.53. The molecule has 0 amide bonds. The van der Waals surface area contributed by atoms with Crippen LogP contribution in [-0.2, 0) is 13.5 Å². The van der Waals surface area contributed by atoms with Crippen LogP contribution < -0.4 is 0 Å². The van der Waals surface area contributed by atoms with Crippen molar-refractivity contribution in [1.29, 1.82) is 0 Å². The van der Waals surface area contributed by atoms with Gasteiger partial charge in [-0.1, -0.05) is 13.0 Å². The van der Waals surface area contributed by atoms with Gasteiger partial charge in [-0.3, -0.25) is 4.40 Å². The maximum atomic E-state index is 11.5. The van der Waals surface area contributed by atoms with Gasteiger partial charge in [-0.2, -0.15) is 0 Å². The Bertz CT molecular complexity index is 811. The largest absolute Gasteiger partial charge is 0.477 e. The average molecular weight is 257 g/mol. The number of benzene rings is 1. The number of carboxylic acid groups (broad SMARTS) is 1. The van der Waals surface area contributed by atoms with Gasteiger partial charge in [-0.05, 0) is 31.0 Å². The van der Waals surface area contributed by atoms with Gasteiger partial charge >= 0.3 is 5.97 Å². The zero-order valence-corrected chi connectivity index (χ0v) is 11.1. The second-order valence-electron chi connectivity index (χ2n) is 4.72. The summed E-state index contributed by atoms with van der Waals surface area (Å²) in [5.41, 5.74) is 3.85. The SMILES string of the molecule is CCc1ccc2nc3n(C)c(C)c(C(=O)O)n3c2c1. The van der Waals surface area contributed by atoms with E-state index in [2.05, 4.69) is 11.9 Å². The van der Waals surface area contributed by atoms with E-state index in [0.717, 1.165) is 17.5 Å². The number of rotatable bonds is 2. The average Bonchev–Trinajstić information content (AvgIpc) is 2.86. The minimum atomic E-state index is -0.927. The van der Waals surface area contributed by atoms with E-state index in [-0.39, 0.29) is 5.69 Å². The Kier molecular flexibility index (Phi) is 2.38. The summed E-state index contributed by atoms with van der Waals surface area (Å²) in [4.78, 5) is 16.0. The van der Waals surface area contributed by atoms with Crippen molar-refractivity contribution < 1.29 is 9.90 Å². The van der Waals surface area contributed by atoms with Gasteiger partial charge in [-0.25, -0.2) is 9.78 Å². The number of carbonyl (C=O) groups is 1. The topological polar surface area (TPSA) is 59.5 Å². The maximum absolute atomic E-state index is 11.5. The van der Waals surface area contributed by atoms with Gasteiger partial charge in [-0.15, -0.1) is 0 Å². The summed E-state index contributed by atoms with van der Waals surface area (Å²) in [5.74, 6) is -0.262. The minimum Gasteiger partial charge on any atom is -0.477 e. The molecule has 19 heavy (non-hydrogen) atoms. The van der Waals surface area contributed by atoms with Crippen LogP contribution in [0.3, 0.4) is 0 Å². The smallest absolute Gasteiger partial charge is 0.354 e. The van der Waals surface area contributed by atoms with Crippen LogP contribution in [0.2, 0.25) is 0 Å². The van der Waals surface area contributed by atoms with Crippen molar-refractivity contribution in [3.05, 3.63) is 35.2 Å². The van der Waals surface area contributed by atoms with Crippen molar-refractivity contribution in [3.8, 4) is 0 Å². The zero-order valence-electron chi connectivity index (χ0n) is 11.1. The molecule has 0 unspecified atom stereocenters. The molecule has 0 aliphatic heterocycles. The van der Waals surface area contributed by atoms with Crippen molar-refractivity contribution in [3.63, 3.8) is 0 Å². The normalized spacial score (nSPS) is 11.5.